The summed E-state index contributed by atoms with van der Waals surface area (Å²) < 4.78 is 34.6. The molecule has 0 saturated carbocycles. The van der Waals surface area contributed by atoms with Gasteiger partial charge in [-0.05, 0) is 97.5 Å². The predicted octanol–water partition coefficient (Wildman–Crippen LogP) is 2.48. The minimum atomic E-state index is -1.91. The Kier molecular flexibility index (Phi) is 21.0. The number of benzene rings is 4. The standard InChI is InChI=1S/C50H54N8O18.ClH/c51-49(52)55-29-11-13-31-27(23-29)5-3-17-73-41-33(7-1-9-37(41)75-47(31)69)43(63)57(35(45(65)66)25-39(59)60)15-19-71-21-22-72-20-16-58(36(46(67)68)26-40(61)62)44(64)34-8-2-10-38-42(34)74-18-4-6-28-24-30(56-50(53)54)12-14-32(28)48(70)76-38;/h1-2,7-14,23-24,35-36H,3-6,15-22,25-26H2,(H,59,60)(H,61,62)(H,65,66)(H,67,68)(H4,51,52,55)(H4,53,54,56);1H/t35-,36-;/m1./s1. The van der Waals surface area contributed by atoms with Crippen LogP contribution in [0.1, 0.15) is 78.2 Å². The number of esters is 2. The van der Waals surface area contributed by atoms with E-state index in [0.717, 1.165) is 9.80 Å². The van der Waals surface area contributed by atoms with E-state index in [4.69, 9.17) is 51.4 Å². The van der Waals surface area contributed by atoms with Gasteiger partial charge in [0.1, 0.15) is 12.1 Å². The number of nitrogens with two attached hydrogens (primary N) is 4. The van der Waals surface area contributed by atoms with E-state index in [9.17, 15) is 58.8 Å². The van der Waals surface area contributed by atoms with Crippen molar-refractivity contribution in [3.8, 4) is 23.0 Å². The number of hydrogen-bond acceptors (Lipinski definition) is 16. The van der Waals surface area contributed by atoms with Gasteiger partial charge in [0.2, 0.25) is 0 Å². The molecule has 2 heterocycles. The lowest BCUT2D eigenvalue weighted by Gasteiger charge is -2.29. The van der Waals surface area contributed by atoms with Crippen molar-refractivity contribution < 1.29 is 87.2 Å². The van der Waals surface area contributed by atoms with E-state index in [1.165, 1.54) is 60.7 Å². The lowest BCUT2D eigenvalue weighted by Crippen LogP contribution is -2.48. The zero-order valence-electron chi connectivity index (χ0n) is 41.0. The van der Waals surface area contributed by atoms with Gasteiger partial charge in [0.05, 0.1) is 86.1 Å². The molecule has 2 aliphatic rings. The van der Waals surface area contributed by atoms with E-state index in [0.29, 0.717) is 48.2 Å². The lowest BCUT2D eigenvalue weighted by molar-refractivity contribution is -0.149. The van der Waals surface area contributed by atoms with Gasteiger partial charge in [-0.3, -0.25) is 19.2 Å². The van der Waals surface area contributed by atoms with Crippen LogP contribution in [0.25, 0.3) is 0 Å². The number of halogens is 1. The third-order valence-electron chi connectivity index (χ3n) is 11.5. The third kappa shape index (κ3) is 15.8. The minimum Gasteiger partial charge on any atom is -0.489 e. The number of carboxylic acid groups (broad SMARTS) is 4. The maximum absolute atomic E-state index is 14.3. The smallest absolute Gasteiger partial charge is 0.343 e. The third-order valence-corrected chi connectivity index (χ3v) is 11.5. The summed E-state index contributed by atoms with van der Waals surface area (Å²) in [5.41, 5.74) is 23.8. The summed E-state index contributed by atoms with van der Waals surface area (Å²) in [4.78, 5) is 114. The summed E-state index contributed by atoms with van der Waals surface area (Å²) in [6.45, 7) is -2.20. The van der Waals surface area contributed by atoms with Crippen LogP contribution in [-0.4, -0.2) is 155 Å². The molecule has 27 heteroatoms. The van der Waals surface area contributed by atoms with Crippen molar-refractivity contribution in [2.24, 2.45) is 32.9 Å². The van der Waals surface area contributed by atoms with Crippen molar-refractivity contribution in [1.82, 2.24) is 9.80 Å². The Bertz CT molecular complexity index is 2750. The molecule has 0 aliphatic carbocycles. The molecule has 2 amide bonds. The summed E-state index contributed by atoms with van der Waals surface area (Å²) in [5, 5.41) is 39.6. The maximum Gasteiger partial charge on any atom is 0.343 e. The Balaban J connectivity index is 0.0000109. The monoisotopic (exact) mass is 1090 g/mol. The average molecular weight is 1090 g/mol. The number of guanidine groups is 2. The number of para-hydroxylation sites is 2. The molecule has 2 atom stereocenters. The zero-order chi connectivity index (χ0) is 55.1. The molecule has 4 aromatic carbocycles. The van der Waals surface area contributed by atoms with Crippen LogP contribution in [0.15, 0.2) is 82.8 Å². The summed E-state index contributed by atoms with van der Waals surface area (Å²) in [5.74, 6) is -11.1. The second-order valence-electron chi connectivity index (χ2n) is 16.8. The van der Waals surface area contributed by atoms with Crippen LogP contribution in [0.4, 0.5) is 11.4 Å². The Hall–Kier alpha value is -9.01. The van der Waals surface area contributed by atoms with E-state index in [1.807, 2.05) is 0 Å². The fourth-order valence-electron chi connectivity index (χ4n) is 8.17. The number of amides is 2. The molecule has 0 aromatic heterocycles. The number of rotatable bonds is 21. The Labute approximate surface area is 444 Å². The highest BCUT2D eigenvalue weighted by Gasteiger charge is 2.37. The van der Waals surface area contributed by atoms with Crippen LogP contribution in [0, 0.1) is 0 Å². The molecule has 4 aromatic rings. The first-order chi connectivity index (χ1) is 36.3. The number of carbonyl (C=O) groups is 8. The van der Waals surface area contributed by atoms with E-state index in [2.05, 4.69) is 9.98 Å². The lowest BCUT2D eigenvalue weighted by atomic mass is 10.0. The van der Waals surface area contributed by atoms with E-state index in [1.54, 1.807) is 12.1 Å². The summed E-state index contributed by atoms with van der Waals surface area (Å²) >= 11 is 0. The topological polar surface area (TPSA) is 408 Å². The molecular formula is C50H55ClN8O18. The van der Waals surface area contributed by atoms with Crippen LogP contribution in [0.5, 0.6) is 23.0 Å². The van der Waals surface area contributed by atoms with Crippen LogP contribution in [0.2, 0.25) is 0 Å². The van der Waals surface area contributed by atoms with Crippen molar-refractivity contribution in [2.75, 3.05) is 52.7 Å². The normalized spacial score (nSPS) is 13.6. The fraction of sp³-hybridized carbons (Fsp3) is 0.320. The molecule has 77 heavy (non-hydrogen) atoms. The largest absolute Gasteiger partial charge is 0.489 e. The van der Waals surface area contributed by atoms with Gasteiger partial charge in [0.15, 0.2) is 34.9 Å². The van der Waals surface area contributed by atoms with Gasteiger partial charge in [-0.15, -0.1) is 12.4 Å². The average Bonchev–Trinajstić information content (AvgIpc) is 3.36. The van der Waals surface area contributed by atoms with Crippen molar-refractivity contribution >= 4 is 83.3 Å². The molecule has 12 N–H and O–H groups in total. The molecule has 2 aliphatic heterocycles. The predicted molar refractivity (Wildman–Crippen MR) is 273 cm³/mol. The number of carbonyl (C=O) groups excluding carboxylic acids is 4. The molecule has 6 rings (SSSR count). The second-order valence-corrected chi connectivity index (χ2v) is 16.8. The number of aryl methyl sites for hydroxylation is 2. The first-order valence-corrected chi connectivity index (χ1v) is 23.4. The number of nitrogens with zero attached hydrogens (tertiary/aromatic N) is 4. The molecule has 0 unspecified atom stereocenters. The Morgan fingerprint density at radius 1 is 0.571 bits per heavy atom. The molecule has 0 radical (unpaired) electrons. The van der Waals surface area contributed by atoms with Crippen molar-refractivity contribution in [3.63, 3.8) is 0 Å². The first-order valence-electron chi connectivity index (χ1n) is 23.4. The van der Waals surface area contributed by atoms with Gasteiger partial charge in [-0.1, -0.05) is 12.1 Å². The van der Waals surface area contributed by atoms with Crippen molar-refractivity contribution in [3.05, 3.63) is 106 Å². The second kappa shape index (κ2) is 27.5. The summed E-state index contributed by atoms with van der Waals surface area (Å²) in [7, 11) is 0. The number of aliphatic carboxylic acids is 4. The number of carboxylic acids is 4. The number of hydrogen-bond donors (Lipinski definition) is 8. The number of ether oxygens (including phenoxy) is 6. The summed E-state index contributed by atoms with van der Waals surface area (Å²) in [6, 6.07) is 13.4. The van der Waals surface area contributed by atoms with Crippen LogP contribution < -0.4 is 41.9 Å². The van der Waals surface area contributed by atoms with Crippen LogP contribution >= 0.6 is 12.4 Å². The van der Waals surface area contributed by atoms with E-state index in [-0.39, 0.29) is 109 Å². The van der Waals surface area contributed by atoms with Crippen LogP contribution in [0.3, 0.4) is 0 Å². The molecule has 0 spiro atoms. The number of aliphatic imine (C=N–C) groups is 2. The van der Waals surface area contributed by atoms with Gasteiger partial charge >= 0.3 is 35.8 Å². The van der Waals surface area contributed by atoms with Gasteiger partial charge in [0, 0.05) is 13.1 Å². The van der Waals surface area contributed by atoms with Crippen molar-refractivity contribution in [1.29, 1.82) is 0 Å². The quantitative estimate of drug-likeness (QED) is 0.0195. The first kappa shape index (κ1) is 58.9. The van der Waals surface area contributed by atoms with Gasteiger partial charge in [-0.25, -0.2) is 29.2 Å². The summed E-state index contributed by atoms with van der Waals surface area (Å²) in [6.07, 6.45) is -0.772. The van der Waals surface area contributed by atoms with E-state index < -0.39 is 85.6 Å². The van der Waals surface area contributed by atoms with Crippen molar-refractivity contribution in [2.45, 2.75) is 50.6 Å². The molecule has 0 fully saturated rings. The highest BCUT2D eigenvalue weighted by atomic mass is 35.5. The minimum absolute atomic E-state index is 0. The SMILES string of the molecule is Cl.NC(N)=Nc1ccc2c(c1)CCCOc1c(cccc1C(=O)N(CCOCCOCCN(C(=O)c1cccc3c1OCCCc1cc(N=C(N)N)ccc1C(=O)O3)[C@H](CC(=O)O)C(=O)O)[C@H](CC(=O)O)C(=O)O)OC2=O. The molecule has 0 bridgehead atoms. The van der Waals surface area contributed by atoms with Gasteiger partial charge in [-0.2, -0.15) is 0 Å². The Morgan fingerprint density at radius 2 is 0.961 bits per heavy atom. The van der Waals surface area contributed by atoms with E-state index >= 15 is 0 Å². The fourth-order valence-corrected chi connectivity index (χ4v) is 8.17. The zero-order valence-corrected chi connectivity index (χ0v) is 41.8. The Morgan fingerprint density at radius 3 is 1.31 bits per heavy atom. The maximum atomic E-state index is 14.3. The number of fused-ring (bicyclic) bond motifs is 4. The van der Waals surface area contributed by atoms with Gasteiger partial charge in [0.25, 0.3) is 11.8 Å². The molecule has 26 nitrogen and oxygen atoms in total. The highest BCUT2D eigenvalue weighted by molar-refractivity contribution is 6.02. The van der Waals surface area contributed by atoms with Crippen LogP contribution in [-0.2, 0) is 41.5 Å². The molecule has 0 saturated heterocycles. The highest BCUT2D eigenvalue weighted by Crippen LogP contribution is 2.37. The molecule has 410 valence electrons. The molecular weight excluding hydrogens is 1040 g/mol. The van der Waals surface area contributed by atoms with Gasteiger partial charge < -0.3 is 81.6 Å².